The van der Waals surface area contributed by atoms with Crippen molar-refractivity contribution in [3.05, 3.63) is 33.5 Å². The lowest BCUT2D eigenvalue weighted by molar-refractivity contribution is 0.634. The van der Waals surface area contributed by atoms with Crippen LogP contribution < -0.4 is 0 Å². The quantitative estimate of drug-likeness (QED) is 0.689. The molecule has 1 saturated heterocycles. The molecule has 0 unspecified atom stereocenters. The van der Waals surface area contributed by atoms with Crippen LogP contribution in [0.2, 0.25) is 0 Å². The number of rotatable bonds is 3. The number of thiophene rings is 1. The van der Waals surface area contributed by atoms with Crippen molar-refractivity contribution in [3.8, 4) is 0 Å². The third kappa shape index (κ3) is 2.54. The van der Waals surface area contributed by atoms with Crippen molar-refractivity contribution in [3.63, 3.8) is 0 Å². The van der Waals surface area contributed by atoms with E-state index in [0.29, 0.717) is 4.08 Å². The molecule has 1 aliphatic carbocycles. The Bertz CT molecular complexity index is 425. The molecule has 2 heterocycles. The lowest BCUT2D eigenvalue weighted by Gasteiger charge is -2.36. The summed E-state index contributed by atoms with van der Waals surface area (Å²) in [5.41, 5.74) is 5.00. The molecule has 0 radical (unpaired) electrons. The van der Waals surface area contributed by atoms with Gasteiger partial charge in [0.15, 0.2) is 0 Å². The number of allylic oxidation sites excluding steroid dienone is 1. The Balaban J connectivity index is 1.77. The Hall–Kier alpha value is 0.140. The van der Waals surface area contributed by atoms with Gasteiger partial charge in [0.25, 0.3) is 0 Å². The van der Waals surface area contributed by atoms with Crippen LogP contribution in [-0.2, 0) is 6.42 Å². The van der Waals surface area contributed by atoms with Gasteiger partial charge in [-0.2, -0.15) is 11.3 Å². The second-order valence-electron chi connectivity index (χ2n) is 5.19. The maximum Gasteiger partial charge on any atom is 0.0823 e. The number of hydrogen-bond acceptors (Lipinski definition) is 3. The molecule has 0 aromatic carbocycles. The number of thioether (sulfide) groups is 2. The summed E-state index contributed by atoms with van der Waals surface area (Å²) in [6.07, 6.45) is 6.65. The van der Waals surface area contributed by atoms with E-state index < -0.39 is 0 Å². The van der Waals surface area contributed by atoms with E-state index in [1.807, 2.05) is 11.3 Å². The minimum Gasteiger partial charge on any atom is -0.152 e. The van der Waals surface area contributed by atoms with Gasteiger partial charge in [0, 0.05) is 11.5 Å². The van der Waals surface area contributed by atoms with Crippen LogP contribution in [0.5, 0.6) is 0 Å². The van der Waals surface area contributed by atoms with E-state index >= 15 is 0 Å². The van der Waals surface area contributed by atoms with E-state index in [1.54, 1.807) is 11.1 Å². The highest BCUT2D eigenvalue weighted by Crippen LogP contribution is 2.56. The highest BCUT2D eigenvalue weighted by molar-refractivity contribution is 8.21. The monoisotopic (exact) mass is 296 g/mol. The zero-order chi connectivity index (χ0) is 12.4. The predicted molar refractivity (Wildman–Crippen MR) is 86.8 cm³/mol. The van der Waals surface area contributed by atoms with Crippen LogP contribution in [-0.4, -0.2) is 15.6 Å². The second-order valence-corrected chi connectivity index (χ2v) is 9.02. The topological polar surface area (TPSA) is 0 Å². The molecular formula is C15H20S3. The van der Waals surface area contributed by atoms with Crippen molar-refractivity contribution >= 4 is 34.9 Å². The van der Waals surface area contributed by atoms with Gasteiger partial charge >= 0.3 is 0 Å². The minimum atomic E-state index is 0.471. The first-order chi connectivity index (χ1) is 8.80. The van der Waals surface area contributed by atoms with E-state index in [0.717, 1.165) is 0 Å². The summed E-state index contributed by atoms with van der Waals surface area (Å²) in [5.74, 6) is 2.69. The fourth-order valence-electron chi connectivity index (χ4n) is 3.09. The maximum absolute atomic E-state index is 2.38. The summed E-state index contributed by atoms with van der Waals surface area (Å²) in [6, 6.07) is 2.28. The van der Waals surface area contributed by atoms with Crippen molar-refractivity contribution in [2.24, 2.45) is 0 Å². The molecule has 0 saturated carbocycles. The van der Waals surface area contributed by atoms with Crippen molar-refractivity contribution in [2.45, 2.75) is 43.1 Å². The second kappa shape index (κ2) is 5.64. The fourth-order valence-corrected chi connectivity index (χ4v) is 7.44. The predicted octanol–water partition coefficient (Wildman–Crippen LogP) is 5.36. The zero-order valence-corrected chi connectivity index (χ0v) is 13.4. The Morgan fingerprint density at radius 3 is 2.78 bits per heavy atom. The molecule has 18 heavy (non-hydrogen) atoms. The Labute approximate surface area is 123 Å². The first-order valence-electron chi connectivity index (χ1n) is 6.78. The summed E-state index contributed by atoms with van der Waals surface area (Å²) in [5, 5.41) is 4.51. The highest BCUT2D eigenvalue weighted by Gasteiger charge is 2.41. The summed E-state index contributed by atoms with van der Waals surface area (Å²) in [4.78, 5) is 0. The number of aryl methyl sites for hydroxylation is 1. The molecule has 1 aliphatic heterocycles. The first-order valence-corrected chi connectivity index (χ1v) is 9.70. The van der Waals surface area contributed by atoms with Crippen molar-refractivity contribution in [2.75, 3.05) is 11.5 Å². The lowest BCUT2D eigenvalue weighted by atomic mass is 9.88. The summed E-state index contributed by atoms with van der Waals surface area (Å²) in [6.45, 7) is 2.38. The molecule has 3 rings (SSSR count). The maximum atomic E-state index is 2.38. The normalized spacial score (nSPS) is 22.9. The van der Waals surface area contributed by atoms with E-state index in [4.69, 9.17) is 0 Å². The molecule has 0 nitrogen and oxygen atoms in total. The third-order valence-corrected chi connectivity index (χ3v) is 8.38. The van der Waals surface area contributed by atoms with Crippen molar-refractivity contribution in [1.29, 1.82) is 0 Å². The largest absolute Gasteiger partial charge is 0.152 e. The smallest absolute Gasteiger partial charge is 0.0823 e. The average molecular weight is 297 g/mol. The number of hydrogen-bond donors (Lipinski definition) is 0. The van der Waals surface area contributed by atoms with Crippen LogP contribution in [0.15, 0.2) is 28.0 Å². The van der Waals surface area contributed by atoms with Gasteiger partial charge in [-0.15, -0.1) is 23.5 Å². The van der Waals surface area contributed by atoms with Gasteiger partial charge < -0.3 is 0 Å². The van der Waals surface area contributed by atoms with Gasteiger partial charge in [-0.1, -0.05) is 5.57 Å². The molecule has 98 valence electrons. The molecule has 1 spiro atoms. The van der Waals surface area contributed by atoms with Crippen molar-refractivity contribution in [1.82, 2.24) is 0 Å². The zero-order valence-electron chi connectivity index (χ0n) is 10.9. The first kappa shape index (κ1) is 13.1. The molecular weight excluding hydrogens is 276 g/mol. The van der Waals surface area contributed by atoms with Gasteiger partial charge in [-0.05, 0) is 67.0 Å². The van der Waals surface area contributed by atoms with E-state index in [2.05, 4.69) is 47.3 Å². The average Bonchev–Trinajstić information content (AvgIpc) is 3.01. The summed E-state index contributed by atoms with van der Waals surface area (Å²) in [7, 11) is 0. The minimum absolute atomic E-state index is 0.471. The Kier molecular flexibility index (Phi) is 4.12. The van der Waals surface area contributed by atoms with Crippen LogP contribution in [0.25, 0.3) is 0 Å². The van der Waals surface area contributed by atoms with Gasteiger partial charge in [0.05, 0.1) is 4.08 Å². The van der Waals surface area contributed by atoms with Crippen molar-refractivity contribution < 1.29 is 0 Å². The molecule has 1 fully saturated rings. The standard InChI is InChI=1S/C15H20S3/c1-12-3-2-7-15(17-9-10-18-15)14(12)5-4-13-6-8-16-11-13/h6,8,11H,2-5,7,9-10H2,1H3. The highest BCUT2D eigenvalue weighted by atomic mass is 32.2. The molecule has 3 heteroatoms. The van der Waals surface area contributed by atoms with E-state index in [9.17, 15) is 0 Å². The Morgan fingerprint density at radius 1 is 1.22 bits per heavy atom. The van der Waals surface area contributed by atoms with Gasteiger partial charge in [0.2, 0.25) is 0 Å². The fraction of sp³-hybridized carbons (Fsp3) is 0.600. The molecule has 0 bridgehead atoms. The van der Waals surface area contributed by atoms with Gasteiger partial charge in [-0.25, -0.2) is 0 Å². The van der Waals surface area contributed by atoms with Crippen LogP contribution in [0, 0.1) is 0 Å². The van der Waals surface area contributed by atoms with E-state index in [1.165, 1.54) is 49.2 Å². The summed E-state index contributed by atoms with van der Waals surface area (Å²) >= 11 is 6.27. The molecule has 0 atom stereocenters. The van der Waals surface area contributed by atoms with Gasteiger partial charge in [-0.3, -0.25) is 0 Å². The Morgan fingerprint density at radius 2 is 2.06 bits per heavy atom. The van der Waals surface area contributed by atoms with Crippen LogP contribution >= 0.6 is 34.9 Å². The lowest BCUT2D eigenvalue weighted by Crippen LogP contribution is -2.25. The van der Waals surface area contributed by atoms with Gasteiger partial charge in [0.1, 0.15) is 0 Å². The molecule has 1 aromatic heterocycles. The van der Waals surface area contributed by atoms with E-state index in [-0.39, 0.29) is 0 Å². The van der Waals surface area contributed by atoms with Crippen LogP contribution in [0.3, 0.4) is 0 Å². The molecule has 0 N–H and O–H groups in total. The molecule has 0 amide bonds. The molecule has 1 aromatic rings. The summed E-state index contributed by atoms with van der Waals surface area (Å²) < 4.78 is 0.471. The third-order valence-electron chi connectivity index (χ3n) is 4.03. The van der Waals surface area contributed by atoms with Crippen LogP contribution in [0.4, 0.5) is 0 Å². The van der Waals surface area contributed by atoms with Crippen LogP contribution in [0.1, 0.15) is 38.2 Å². The SMILES string of the molecule is CC1=C(CCc2ccsc2)C2(CCC1)SCCS2. The molecule has 2 aliphatic rings.